The second-order valence-corrected chi connectivity index (χ2v) is 8.42. The van der Waals surface area contributed by atoms with Crippen LogP contribution in [0.1, 0.15) is 48.3 Å². The van der Waals surface area contributed by atoms with Crippen LogP contribution in [0.3, 0.4) is 0 Å². The number of nitrogens with zero attached hydrogens (tertiary/aromatic N) is 3. The molecule has 0 fully saturated rings. The van der Waals surface area contributed by atoms with Crippen molar-refractivity contribution in [2.24, 2.45) is 0 Å². The summed E-state index contributed by atoms with van der Waals surface area (Å²) in [7, 11) is 0. The lowest BCUT2D eigenvalue weighted by atomic mass is 9.89. The van der Waals surface area contributed by atoms with E-state index >= 15 is 0 Å². The molecule has 7 nitrogen and oxygen atoms in total. The molecule has 1 aromatic heterocycles. The van der Waals surface area contributed by atoms with Gasteiger partial charge in [-0.25, -0.2) is 4.79 Å². The number of alkyl halides is 6. The fraction of sp³-hybridized carbons (Fsp3) is 0.476. The SMILES string of the molecule is CC(C)(C(=O)O)c1cc2n(n1)CCCN(C(=O)OCc1cc(C(F)(F)F)cc(C(F)(F)F)c1)C2. The third kappa shape index (κ3) is 5.45. The van der Waals surface area contributed by atoms with E-state index < -0.39 is 53.1 Å². The summed E-state index contributed by atoms with van der Waals surface area (Å²) in [4.78, 5) is 25.3. The van der Waals surface area contributed by atoms with Crippen LogP contribution in [0.4, 0.5) is 31.1 Å². The Morgan fingerprint density at radius 3 is 2.12 bits per heavy atom. The van der Waals surface area contributed by atoms with E-state index in [9.17, 15) is 41.0 Å². The summed E-state index contributed by atoms with van der Waals surface area (Å²) in [6, 6.07) is 2.54. The zero-order valence-electron chi connectivity index (χ0n) is 18.1. The minimum atomic E-state index is -5.01. The van der Waals surface area contributed by atoms with Crippen LogP contribution in [0.2, 0.25) is 0 Å². The van der Waals surface area contributed by atoms with Crippen molar-refractivity contribution in [3.05, 3.63) is 52.3 Å². The Labute approximate surface area is 189 Å². The zero-order chi connectivity index (χ0) is 25.5. The van der Waals surface area contributed by atoms with Gasteiger partial charge in [0.2, 0.25) is 0 Å². The summed E-state index contributed by atoms with van der Waals surface area (Å²) >= 11 is 0. The predicted octanol–water partition coefficient (Wildman–Crippen LogP) is 4.83. The maximum Gasteiger partial charge on any atom is 0.416 e. The first kappa shape index (κ1) is 25.4. The maximum atomic E-state index is 13.0. The quantitative estimate of drug-likeness (QED) is 0.618. The number of aromatic nitrogens is 2. The summed E-state index contributed by atoms with van der Waals surface area (Å²) in [5.41, 5.74) is -3.92. The first-order chi connectivity index (χ1) is 15.6. The van der Waals surface area contributed by atoms with Gasteiger partial charge in [-0.05, 0) is 50.1 Å². The van der Waals surface area contributed by atoms with Crippen molar-refractivity contribution in [1.29, 1.82) is 0 Å². The van der Waals surface area contributed by atoms with Crippen molar-refractivity contribution in [1.82, 2.24) is 14.7 Å². The van der Waals surface area contributed by atoms with E-state index in [4.69, 9.17) is 4.74 Å². The van der Waals surface area contributed by atoms with Crippen molar-refractivity contribution in [3.63, 3.8) is 0 Å². The molecule has 0 aliphatic carbocycles. The predicted molar refractivity (Wildman–Crippen MR) is 105 cm³/mol. The second kappa shape index (κ2) is 8.84. The molecule has 0 unspecified atom stereocenters. The van der Waals surface area contributed by atoms with Gasteiger partial charge in [-0.2, -0.15) is 31.4 Å². The lowest BCUT2D eigenvalue weighted by molar-refractivity contribution is -0.144. The number of aliphatic carboxylic acids is 1. The fourth-order valence-corrected chi connectivity index (χ4v) is 3.37. The molecule has 0 saturated carbocycles. The van der Waals surface area contributed by atoms with Crippen LogP contribution in [0.15, 0.2) is 24.3 Å². The molecular weight excluding hydrogens is 472 g/mol. The van der Waals surface area contributed by atoms with Gasteiger partial charge in [0.05, 0.1) is 29.1 Å². The largest absolute Gasteiger partial charge is 0.481 e. The highest BCUT2D eigenvalue weighted by atomic mass is 19.4. The van der Waals surface area contributed by atoms with Crippen LogP contribution in [-0.2, 0) is 47.0 Å². The van der Waals surface area contributed by atoms with Crippen molar-refractivity contribution < 1.29 is 45.8 Å². The topological polar surface area (TPSA) is 84.7 Å². The number of carbonyl (C=O) groups is 2. The van der Waals surface area contributed by atoms with Gasteiger partial charge in [0.25, 0.3) is 0 Å². The molecule has 2 heterocycles. The molecule has 1 aliphatic heterocycles. The van der Waals surface area contributed by atoms with E-state index in [-0.39, 0.29) is 24.8 Å². The van der Waals surface area contributed by atoms with Crippen molar-refractivity contribution in [2.75, 3.05) is 6.54 Å². The minimum absolute atomic E-state index is 0.00250. The maximum absolute atomic E-state index is 13.0. The number of aryl methyl sites for hydroxylation is 1. The number of carboxylic acid groups (broad SMARTS) is 1. The van der Waals surface area contributed by atoms with Crippen molar-refractivity contribution >= 4 is 12.1 Å². The second-order valence-electron chi connectivity index (χ2n) is 8.42. The first-order valence-corrected chi connectivity index (χ1v) is 10.1. The molecule has 0 bridgehead atoms. The molecule has 1 N–H and O–H groups in total. The van der Waals surface area contributed by atoms with Crippen LogP contribution in [-0.4, -0.2) is 38.4 Å². The molecular formula is C21H21F6N3O4. The van der Waals surface area contributed by atoms with Gasteiger partial charge >= 0.3 is 24.4 Å². The number of fused-ring (bicyclic) bond motifs is 1. The number of rotatable bonds is 4. The van der Waals surface area contributed by atoms with E-state index in [2.05, 4.69) is 5.10 Å². The molecule has 34 heavy (non-hydrogen) atoms. The Kier molecular flexibility index (Phi) is 6.60. The molecule has 1 amide bonds. The Morgan fingerprint density at radius 2 is 1.59 bits per heavy atom. The van der Waals surface area contributed by atoms with E-state index in [1.54, 1.807) is 10.7 Å². The van der Waals surface area contributed by atoms with Gasteiger partial charge < -0.3 is 14.7 Å². The Bertz CT molecular complexity index is 1060. The van der Waals surface area contributed by atoms with Crippen LogP contribution in [0.5, 0.6) is 0 Å². The van der Waals surface area contributed by atoms with Crippen LogP contribution >= 0.6 is 0 Å². The van der Waals surface area contributed by atoms with Crippen LogP contribution in [0.25, 0.3) is 0 Å². The molecule has 13 heteroatoms. The normalized spacial score (nSPS) is 15.0. The molecule has 186 valence electrons. The number of benzene rings is 1. The van der Waals surface area contributed by atoms with Crippen molar-refractivity contribution in [3.8, 4) is 0 Å². The molecule has 0 radical (unpaired) electrons. The zero-order valence-corrected chi connectivity index (χ0v) is 18.1. The third-order valence-electron chi connectivity index (χ3n) is 5.46. The van der Waals surface area contributed by atoms with E-state index in [0.717, 1.165) is 0 Å². The monoisotopic (exact) mass is 493 g/mol. The summed E-state index contributed by atoms with van der Waals surface area (Å²) in [5.74, 6) is -1.09. The fourth-order valence-electron chi connectivity index (χ4n) is 3.37. The summed E-state index contributed by atoms with van der Waals surface area (Å²) in [6.45, 7) is 2.74. The summed E-state index contributed by atoms with van der Waals surface area (Å²) in [6.07, 6.45) is -10.5. The van der Waals surface area contributed by atoms with Gasteiger partial charge in [0, 0.05) is 13.1 Å². The molecule has 1 aliphatic rings. The van der Waals surface area contributed by atoms with Gasteiger partial charge in [0.1, 0.15) is 12.0 Å². The lowest BCUT2D eigenvalue weighted by Crippen LogP contribution is -2.31. The summed E-state index contributed by atoms with van der Waals surface area (Å²) in [5, 5.41) is 13.7. The average Bonchev–Trinajstić information content (AvgIpc) is 3.02. The Balaban J connectivity index is 1.76. The summed E-state index contributed by atoms with van der Waals surface area (Å²) < 4.78 is 84.7. The van der Waals surface area contributed by atoms with Crippen molar-refractivity contribution in [2.45, 2.75) is 57.7 Å². The molecule has 0 saturated heterocycles. The molecule has 2 aromatic rings. The standard InChI is InChI=1S/C21H21F6N3O4/c1-19(2,17(31)32)16-9-15-10-29(4-3-5-30(15)28-16)18(33)34-11-12-6-13(20(22,23)24)8-14(7-12)21(25,26)27/h6-9H,3-5,10-11H2,1-2H3,(H,31,32). The van der Waals surface area contributed by atoms with Gasteiger partial charge in [-0.3, -0.25) is 9.48 Å². The van der Waals surface area contributed by atoms with Crippen LogP contribution < -0.4 is 0 Å². The molecule has 0 spiro atoms. The number of halogens is 6. The number of ether oxygens (including phenoxy) is 1. The molecule has 3 rings (SSSR count). The number of carbonyl (C=O) groups excluding carboxylic acids is 1. The lowest BCUT2D eigenvalue weighted by Gasteiger charge is -2.20. The number of hydrogen-bond acceptors (Lipinski definition) is 4. The number of hydrogen-bond donors (Lipinski definition) is 1. The van der Waals surface area contributed by atoms with E-state index in [1.165, 1.54) is 18.7 Å². The first-order valence-electron chi connectivity index (χ1n) is 10.1. The number of carboxylic acids is 1. The van der Waals surface area contributed by atoms with Gasteiger partial charge in [-0.1, -0.05) is 0 Å². The minimum Gasteiger partial charge on any atom is -0.481 e. The van der Waals surface area contributed by atoms with Crippen LogP contribution in [0, 0.1) is 0 Å². The highest BCUT2D eigenvalue weighted by Crippen LogP contribution is 2.36. The Morgan fingerprint density at radius 1 is 1.00 bits per heavy atom. The van der Waals surface area contributed by atoms with E-state index in [1.807, 2.05) is 0 Å². The van der Waals surface area contributed by atoms with Gasteiger partial charge in [-0.15, -0.1) is 0 Å². The highest BCUT2D eigenvalue weighted by molar-refractivity contribution is 5.79. The molecule has 0 atom stereocenters. The highest BCUT2D eigenvalue weighted by Gasteiger charge is 2.37. The number of amides is 1. The Hall–Kier alpha value is -3.25. The smallest absolute Gasteiger partial charge is 0.416 e. The average molecular weight is 493 g/mol. The third-order valence-corrected chi connectivity index (χ3v) is 5.46. The van der Waals surface area contributed by atoms with Gasteiger partial charge in [0.15, 0.2) is 0 Å². The van der Waals surface area contributed by atoms with E-state index in [0.29, 0.717) is 30.8 Å². The molecule has 1 aromatic carbocycles.